The highest BCUT2D eigenvalue weighted by molar-refractivity contribution is 9.09. The fourth-order valence-electron chi connectivity index (χ4n) is 1.41. The molecule has 5 heteroatoms. The molecular formula is C11H14BrNO3. The standard InChI is InChI=1S/C11H14BrNO3/c1-2-16-11-7-9(4-3-5-12)6-10(8-11)13(14)15/h6-8H,2-5H2,1H3. The Labute approximate surface area is 103 Å². The fourth-order valence-corrected chi connectivity index (χ4v) is 1.69. The Morgan fingerprint density at radius 3 is 2.75 bits per heavy atom. The molecule has 0 N–H and O–H groups in total. The molecule has 0 spiro atoms. The van der Waals surface area contributed by atoms with Gasteiger partial charge >= 0.3 is 0 Å². The molecule has 0 radical (unpaired) electrons. The van der Waals surface area contributed by atoms with Crippen LogP contribution in [0.5, 0.6) is 5.75 Å². The normalized spacial score (nSPS) is 10.1. The van der Waals surface area contributed by atoms with Crippen LogP contribution in [0.25, 0.3) is 0 Å². The number of nitro groups is 1. The van der Waals surface area contributed by atoms with E-state index in [-0.39, 0.29) is 10.6 Å². The third kappa shape index (κ3) is 3.81. The van der Waals surface area contributed by atoms with Gasteiger partial charge in [-0.2, -0.15) is 0 Å². The van der Waals surface area contributed by atoms with Gasteiger partial charge in [0.15, 0.2) is 0 Å². The summed E-state index contributed by atoms with van der Waals surface area (Å²) in [6.45, 7) is 2.37. The van der Waals surface area contributed by atoms with Gasteiger partial charge in [-0.1, -0.05) is 15.9 Å². The molecule has 0 unspecified atom stereocenters. The molecule has 88 valence electrons. The lowest BCUT2D eigenvalue weighted by atomic mass is 10.1. The van der Waals surface area contributed by atoms with Crippen molar-refractivity contribution in [3.05, 3.63) is 33.9 Å². The molecule has 0 bridgehead atoms. The number of nitro benzene ring substituents is 1. The fraction of sp³-hybridized carbons (Fsp3) is 0.455. The molecule has 0 aliphatic heterocycles. The number of non-ortho nitro benzene ring substituents is 1. The summed E-state index contributed by atoms with van der Waals surface area (Å²) in [4.78, 5) is 10.3. The SMILES string of the molecule is CCOc1cc(CCCBr)cc([N+](=O)[O-])c1. The third-order valence-corrected chi connectivity index (χ3v) is 2.63. The smallest absolute Gasteiger partial charge is 0.273 e. The highest BCUT2D eigenvalue weighted by Crippen LogP contribution is 2.23. The zero-order valence-corrected chi connectivity index (χ0v) is 10.7. The maximum atomic E-state index is 10.7. The summed E-state index contributed by atoms with van der Waals surface area (Å²) in [5.74, 6) is 0.571. The number of nitrogens with zero attached hydrogens (tertiary/aromatic N) is 1. The van der Waals surface area contributed by atoms with Crippen LogP contribution in [0.3, 0.4) is 0 Å². The monoisotopic (exact) mass is 287 g/mol. The first-order chi connectivity index (χ1) is 7.67. The molecule has 0 aliphatic carbocycles. The molecule has 1 rings (SSSR count). The Morgan fingerprint density at radius 1 is 1.44 bits per heavy atom. The van der Waals surface area contributed by atoms with Crippen LogP contribution in [0.2, 0.25) is 0 Å². The number of hydrogen-bond donors (Lipinski definition) is 0. The van der Waals surface area contributed by atoms with E-state index in [1.165, 1.54) is 6.07 Å². The Balaban J connectivity index is 2.93. The molecule has 0 fully saturated rings. The van der Waals surface area contributed by atoms with Crippen molar-refractivity contribution in [3.63, 3.8) is 0 Å². The third-order valence-electron chi connectivity index (χ3n) is 2.07. The van der Waals surface area contributed by atoms with Crippen molar-refractivity contribution < 1.29 is 9.66 Å². The van der Waals surface area contributed by atoms with E-state index in [1.54, 1.807) is 6.07 Å². The van der Waals surface area contributed by atoms with Gasteiger partial charge in [-0.05, 0) is 31.4 Å². The van der Waals surface area contributed by atoms with Crippen LogP contribution in [0.1, 0.15) is 18.9 Å². The minimum atomic E-state index is -0.389. The van der Waals surface area contributed by atoms with Crippen molar-refractivity contribution in [2.75, 3.05) is 11.9 Å². The van der Waals surface area contributed by atoms with Gasteiger partial charge in [-0.15, -0.1) is 0 Å². The number of benzene rings is 1. The van der Waals surface area contributed by atoms with E-state index in [9.17, 15) is 10.1 Å². The van der Waals surface area contributed by atoms with Crippen molar-refractivity contribution in [1.82, 2.24) is 0 Å². The second-order valence-electron chi connectivity index (χ2n) is 3.32. The summed E-state index contributed by atoms with van der Waals surface area (Å²) in [6, 6.07) is 4.92. The zero-order valence-electron chi connectivity index (χ0n) is 9.11. The van der Waals surface area contributed by atoms with Crippen molar-refractivity contribution in [2.24, 2.45) is 0 Å². The second-order valence-corrected chi connectivity index (χ2v) is 4.11. The highest BCUT2D eigenvalue weighted by atomic mass is 79.9. The van der Waals surface area contributed by atoms with E-state index < -0.39 is 0 Å². The summed E-state index contributed by atoms with van der Waals surface area (Å²) in [5.41, 5.74) is 1.03. The molecule has 0 saturated heterocycles. The van der Waals surface area contributed by atoms with Gasteiger partial charge in [0.25, 0.3) is 5.69 Å². The molecular weight excluding hydrogens is 274 g/mol. The Hall–Kier alpha value is -1.10. The molecule has 0 atom stereocenters. The summed E-state index contributed by atoms with van der Waals surface area (Å²) < 4.78 is 5.30. The maximum absolute atomic E-state index is 10.7. The van der Waals surface area contributed by atoms with Gasteiger partial charge in [0, 0.05) is 11.4 Å². The first-order valence-electron chi connectivity index (χ1n) is 5.14. The number of halogens is 1. The molecule has 0 aliphatic rings. The van der Waals surface area contributed by atoms with E-state index in [4.69, 9.17) is 4.74 Å². The Kier molecular flexibility index (Phi) is 5.25. The number of alkyl halides is 1. The van der Waals surface area contributed by atoms with Gasteiger partial charge in [0.1, 0.15) is 5.75 Å². The second kappa shape index (κ2) is 6.48. The molecule has 1 aromatic rings. The van der Waals surface area contributed by atoms with Crippen LogP contribution in [0.15, 0.2) is 18.2 Å². The largest absolute Gasteiger partial charge is 0.494 e. The minimum Gasteiger partial charge on any atom is -0.494 e. The molecule has 1 aromatic carbocycles. The van der Waals surface area contributed by atoms with Crippen molar-refractivity contribution in [3.8, 4) is 5.75 Å². The van der Waals surface area contributed by atoms with Crippen molar-refractivity contribution in [2.45, 2.75) is 19.8 Å². The summed E-state index contributed by atoms with van der Waals surface area (Å²) in [5, 5.41) is 11.6. The molecule has 16 heavy (non-hydrogen) atoms. The van der Waals surface area contributed by atoms with Crippen LogP contribution in [-0.2, 0) is 6.42 Å². The first-order valence-corrected chi connectivity index (χ1v) is 6.26. The van der Waals surface area contributed by atoms with E-state index >= 15 is 0 Å². The summed E-state index contributed by atoms with van der Waals surface area (Å²) in [6.07, 6.45) is 1.76. The Morgan fingerprint density at radius 2 is 2.19 bits per heavy atom. The maximum Gasteiger partial charge on any atom is 0.273 e. The van der Waals surface area contributed by atoms with Crippen LogP contribution in [-0.4, -0.2) is 16.9 Å². The van der Waals surface area contributed by atoms with Crippen LogP contribution >= 0.6 is 15.9 Å². The summed E-state index contributed by atoms with van der Waals surface area (Å²) >= 11 is 3.34. The number of ether oxygens (including phenoxy) is 1. The zero-order chi connectivity index (χ0) is 12.0. The van der Waals surface area contributed by atoms with Gasteiger partial charge in [-0.3, -0.25) is 10.1 Å². The van der Waals surface area contributed by atoms with Crippen LogP contribution < -0.4 is 4.74 Å². The molecule has 0 heterocycles. The number of rotatable bonds is 6. The molecule has 0 saturated carbocycles. The lowest BCUT2D eigenvalue weighted by molar-refractivity contribution is -0.385. The van der Waals surface area contributed by atoms with Gasteiger partial charge in [0.2, 0.25) is 0 Å². The number of aryl methyl sites for hydroxylation is 1. The van der Waals surface area contributed by atoms with Crippen LogP contribution in [0, 0.1) is 10.1 Å². The highest BCUT2D eigenvalue weighted by Gasteiger charge is 2.10. The van der Waals surface area contributed by atoms with Crippen molar-refractivity contribution >= 4 is 21.6 Å². The summed E-state index contributed by atoms with van der Waals surface area (Å²) in [7, 11) is 0. The topological polar surface area (TPSA) is 52.4 Å². The van der Waals surface area contributed by atoms with E-state index in [1.807, 2.05) is 13.0 Å². The predicted octanol–water partition coefficient (Wildman–Crippen LogP) is 3.32. The molecule has 0 aromatic heterocycles. The van der Waals surface area contributed by atoms with E-state index in [0.717, 1.165) is 23.7 Å². The minimum absolute atomic E-state index is 0.0931. The average Bonchev–Trinajstić information content (AvgIpc) is 2.26. The first kappa shape index (κ1) is 13.0. The average molecular weight is 288 g/mol. The van der Waals surface area contributed by atoms with E-state index in [0.29, 0.717) is 12.4 Å². The van der Waals surface area contributed by atoms with Crippen molar-refractivity contribution in [1.29, 1.82) is 0 Å². The number of hydrogen-bond acceptors (Lipinski definition) is 3. The van der Waals surface area contributed by atoms with Gasteiger partial charge < -0.3 is 4.74 Å². The van der Waals surface area contributed by atoms with Gasteiger partial charge in [-0.25, -0.2) is 0 Å². The molecule has 0 amide bonds. The van der Waals surface area contributed by atoms with E-state index in [2.05, 4.69) is 15.9 Å². The lowest BCUT2D eigenvalue weighted by Gasteiger charge is -2.06. The van der Waals surface area contributed by atoms with Gasteiger partial charge in [0.05, 0.1) is 17.6 Å². The lowest BCUT2D eigenvalue weighted by Crippen LogP contribution is -1.97. The Bertz CT molecular complexity index is 368. The predicted molar refractivity (Wildman–Crippen MR) is 66.4 cm³/mol. The van der Waals surface area contributed by atoms with Crippen LogP contribution in [0.4, 0.5) is 5.69 Å². The quantitative estimate of drug-likeness (QED) is 0.458. The molecule has 4 nitrogen and oxygen atoms in total.